The Balaban J connectivity index is 1.90. The molecule has 1 fully saturated rings. The van der Waals surface area contributed by atoms with E-state index in [0.29, 0.717) is 0 Å². The molecule has 1 aromatic carbocycles. The summed E-state index contributed by atoms with van der Waals surface area (Å²) in [7, 11) is 0. The number of benzene rings is 1. The second-order valence-corrected chi connectivity index (χ2v) is 5.27. The molecule has 17 heavy (non-hydrogen) atoms. The van der Waals surface area contributed by atoms with Crippen LogP contribution in [0.5, 0.6) is 0 Å². The van der Waals surface area contributed by atoms with Crippen molar-refractivity contribution in [3.05, 3.63) is 35.9 Å². The van der Waals surface area contributed by atoms with E-state index in [2.05, 4.69) is 12.1 Å². The van der Waals surface area contributed by atoms with E-state index in [0.717, 1.165) is 38.5 Å². The van der Waals surface area contributed by atoms with Crippen molar-refractivity contribution in [2.45, 2.75) is 44.6 Å². The maximum Gasteiger partial charge on any atom is 0.0621 e. The van der Waals surface area contributed by atoms with E-state index < -0.39 is 0 Å². The fraction of sp³-hybridized carbons (Fsp3) is 0.600. The van der Waals surface area contributed by atoms with Crippen LogP contribution in [0.3, 0.4) is 0 Å². The Morgan fingerprint density at radius 3 is 2.35 bits per heavy atom. The van der Waals surface area contributed by atoms with Crippen LogP contribution in [0.15, 0.2) is 30.3 Å². The molecule has 1 unspecified atom stereocenters. The van der Waals surface area contributed by atoms with Crippen molar-refractivity contribution in [2.75, 3.05) is 6.61 Å². The first-order chi connectivity index (χ1) is 8.27. The van der Waals surface area contributed by atoms with E-state index in [4.69, 9.17) is 0 Å². The standard InChI is InChI=1S/C15H22O2/c16-12-15(10-4-5-11-15)14(17)9-8-13-6-2-1-3-7-13/h1-3,6-7,14,16-17H,4-5,8-12H2. The van der Waals surface area contributed by atoms with E-state index in [9.17, 15) is 10.2 Å². The lowest BCUT2D eigenvalue weighted by Gasteiger charge is -2.32. The Kier molecular flexibility index (Phi) is 4.19. The van der Waals surface area contributed by atoms with Crippen molar-refractivity contribution in [3.8, 4) is 0 Å². The third-order valence-corrected chi connectivity index (χ3v) is 4.17. The van der Waals surface area contributed by atoms with Gasteiger partial charge in [0.25, 0.3) is 0 Å². The predicted octanol–water partition coefficient (Wildman–Crippen LogP) is 2.53. The van der Waals surface area contributed by atoms with Crippen LogP contribution < -0.4 is 0 Å². The van der Waals surface area contributed by atoms with Gasteiger partial charge >= 0.3 is 0 Å². The smallest absolute Gasteiger partial charge is 0.0621 e. The molecule has 0 aromatic heterocycles. The Morgan fingerprint density at radius 2 is 1.76 bits per heavy atom. The Labute approximate surface area is 103 Å². The van der Waals surface area contributed by atoms with E-state index in [1.165, 1.54) is 5.56 Å². The normalized spacial score (nSPS) is 20.4. The highest BCUT2D eigenvalue weighted by atomic mass is 16.3. The van der Waals surface area contributed by atoms with Gasteiger partial charge < -0.3 is 10.2 Å². The van der Waals surface area contributed by atoms with Crippen LogP contribution in [0.2, 0.25) is 0 Å². The molecule has 94 valence electrons. The quantitative estimate of drug-likeness (QED) is 0.822. The minimum atomic E-state index is -0.366. The number of aliphatic hydroxyl groups excluding tert-OH is 2. The van der Waals surface area contributed by atoms with Crippen LogP contribution in [0.1, 0.15) is 37.7 Å². The second-order valence-electron chi connectivity index (χ2n) is 5.27. The van der Waals surface area contributed by atoms with E-state index in [1.54, 1.807) is 0 Å². The van der Waals surface area contributed by atoms with Crippen molar-refractivity contribution in [1.82, 2.24) is 0 Å². The van der Waals surface area contributed by atoms with Gasteiger partial charge in [-0.25, -0.2) is 0 Å². The first-order valence-electron chi connectivity index (χ1n) is 6.60. The number of hydrogen-bond acceptors (Lipinski definition) is 2. The lowest BCUT2D eigenvalue weighted by atomic mass is 9.79. The maximum absolute atomic E-state index is 10.3. The lowest BCUT2D eigenvalue weighted by Crippen LogP contribution is -2.36. The fourth-order valence-electron chi connectivity index (χ4n) is 2.93. The summed E-state index contributed by atoms with van der Waals surface area (Å²) in [6.45, 7) is 0.128. The molecule has 0 aliphatic heterocycles. The first-order valence-corrected chi connectivity index (χ1v) is 6.60. The summed E-state index contributed by atoms with van der Waals surface area (Å²) in [5.74, 6) is 0. The van der Waals surface area contributed by atoms with E-state index in [-0.39, 0.29) is 18.1 Å². The van der Waals surface area contributed by atoms with Gasteiger partial charge in [0.15, 0.2) is 0 Å². The summed E-state index contributed by atoms with van der Waals surface area (Å²) < 4.78 is 0. The third-order valence-electron chi connectivity index (χ3n) is 4.17. The summed E-state index contributed by atoms with van der Waals surface area (Å²) >= 11 is 0. The zero-order valence-corrected chi connectivity index (χ0v) is 10.3. The van der Waals surface area contributed by atoms with Gasteiger partial charge in [0.05, 0.1) is 12.7 Å². The molecule has 1 aliphatic carbocycles. The van der Waals surface area contributed by atoms with Gasteiger partial charge in [-0.1, -0.05) is 43.2 Å². The summed E-state index contributed by atoms with van der Waals surface area (Å²) in [5.41, 5.74) is 1.05. The van der Waals surface area contributed by atoms with E-state index >= 15 is 0 Å². The van der Waals surface area contributed by atoms with Gasteiger partial charge in [-0.3, -0.25) is 0 Å². The molecule has 0 amide bonds. The molecule has 0 heterocycles. The zero-order valence-electron chi connectivity index (χ0n) is 10.3. The van der Waals surface area contributed by atoms with Crippen molar-refractivity contribution < 1.29 is 10.2 Å². The van der Waals surface area contributed by atoms with Gasteiger partial charge in [0.2, 0.25) is 0 Å². The molecule has 0 radical (unpaired) electrons. The van der Waals surface area contributed by atoms with Crippen LogP contribution in [0, 0.1) is 5.41 Å². The van der Waals surface area contributed by atoms with Gasteiger partial charge in [-0.15, -0.1) is 0 Å². The molecular weight excluding hydrogens is 212 g/mol. The van der Waals surface area contributed by atoms with Gasteiger partial charge in [-0.2, -0.15) is 0 Å². The van der Waals surface area contributed by atoms with Gasteiger partial charge in [0.1, 0.15) is 0 Å². The van der Waals surface area contributed by atoms with Crippen LogP contribution in [0.25, 0.3) is 0 Å². The Bertz CT molecular complexity index is 328. The van der Waals surface area contributed by atoms with Crippen LogP contribution in [0.4, 0.5) is 0 Å². The summed E-state index contributed by atoms with van der Waals surface area (Å²) in [4.78, 5) is 0. The molecule has 1 aromatic rings. The number of aryl methyl sites for hydroxylation is 1. The van der Waals surface area contributed by atoms with Crippen molar-refractivity contribution >= 4 is 0 Å². The number of aliphatic hydroxyl groups is 2. The van der Waals surface area contributed by atoms with Crippen molar-refractivity contribution in [2.24, 2.45) is 5.41 Å². The number of rotatable bonds is 5. The lowest BCUT2D eigenvalue weighted by molar-refractivity contribution is -0.0177. The van der Waals surface area contributed by atoms with Crippen molar-refractivity contribution in [1.29, 1.82) is 0 Å². The molecule has 0 saturated heterocycles. The van der Waals surface area contributed by atoms with Crippen molar-refractivity contribution in [3.63, 3.8) is 0 Å². The van der Waals surface area contributed by atoms with Crippen LogP contribution in [-0.4, -0.2) is 22.9 Å². The molecule has 0 bridgehead atoms. The van der Waals surface area contributed by atoms with Crippen LogP contribution >= 0.6 is 0 Å². The monoisotopic (exact) mass is 234 g/mol. The summed E-state index contributed by atoms with van der Waals surface area (Å²) in [6, 6.07) is 10.2. The SMILES string of the molecule is OCC1(C(O)CCc2ccccc2)CCCC1. The highest BCUT2D eigenvalue weighted by Crippen LogP contribution is 2.41. The molecule has 2 rings (SSSR count). The average Bonchev–Trinajstić information content (AvgIpc) is 2.87. The topological polar surface area (TPSA) is 40.5 Å². The zero-order chi connectivity index (χ0) is 12.1. The van der Waals surface area contributed by atoms with Gasteiger partial charge in [0, 0.05) is 5.41 Å². The molecule has 1 atom stereocenters. The maximum atomic E-state index is 10.3. The minimum Gasteiger partial charge on any atom is -0.396 e. The molecule has 1 aliphatic rings. The minimum absolute atomic E-state index is 0.128. The fourth-order valence-corrected chi connectivity index (χ4v) is 2.93. The largest absolute Gasteiger partial charge is 0.396 e. The predicted molar refractivity (Wildman–Crippen MR) is 68.8 cm³/mol. The number of hydrogen-bond donors (Lipinski definition) is 2. The molecule has 2 nitrogen and oxygen atoms in total. The molecule has 0 spiro atoms. The molecule has 2 N–H and O–H groups in total. The van der Waals surface area contributed by atoms with Crippen LogP contribution in [-0.2, 0) is 6.42 Å². The molecular formula is C15H22O2. The molecule has 2 heteroatoms. The molecule has 1 saturated carbocycles. The summed E-state index contributed by atoms with van der Waals surface area (Å²) in [5, 5.41) is 19.8. The summed E-state index contributed by atoms with van der Waals surface area (Å²) in [6.07, 6.45) is 5.51. The second kappa shape index (κ2) is 5.65. The highest BCUT2D eigenvalue weighted by molar-refractivity contribution is 5.14. The van der Waals surface area contributed by atoms with Gasteiger partial charge in [-0.05, 0) is 31.2 Å². The Hall–Kier alpha value is -0.860. The Morgan fingerprint density at radius 1 is 1.12 bits per heavy atom. The highest BCUT2D eigenvalue weighted by Gasteiger charge is 2.39. The first kappa shape index (κ1) is 12.6. The third kappa shape index (κ3) is 2.88. The van der Waals surface area contributed by atoms with E-state index in [1.807, 2.05) is 18.2 Å². The average molecular weight is 234 g/mol.